The van der Waals surface area contributed by atoms with Gasteiger partial charge in [0.05, 0.1) is 12.6 Å². The van der Waals surface area contributed by atoms with E-state index in [1.54, 1.807) is 4.90 Å². The van der Waals surface area contributed by atoms with E-state index in [9.17, 15) is 14.4 Å². The molecular weight excluding hydrogens is 372 g/mol. The molecule has 0 saturated carbocycles. The van der Waals surface area contributed by atoms with Crippen molar-refractivity contribution in [1.82, 2.24) is 4.72 Å². The molecule has 1 amide bonds. The SMILES string of the molecule is Cc1ccc(CN(C(=O)CCC(=O)C2NSCC2C=O)c2ccccc2)cc1. The lowest BCUT2D eigenvalue weighted by atomic mass is 9.97. The number of benzene rings is 2. The predicted molar refractivity (Wildman–Crippen MR) is 112 cm³/mol. The monoisotopic (exact) mass is 396 g/mol. The number of hydrogen-bond acceptors (Lipinski definition) is 5. The Balaban J connectivity index is 1.69. The van der Waals surface area contributed by atoms with Crippen LogP contribution in [0.1, 0.15) is 24.0 Å². The van der Waals surface area contributed by atoms with Crippen LogP contribution in [0, 0.1) is 12.8 Å². The van der Waals surface area contributed by atoms with Gasteiger partial charge in [0.1, 0.15) is 6.29 Å². The first-order valence-electron chi connectivity index (χ1n) is 9.35. The number of amides is 1. The van der Waals surface area contributed by atoms with E-state index in [1.807, 2.05) is 61.5 Å². The van der Waals surface area contributed by atoms with E-state index in [0.29, 0.717) is 12.3 Å². The number of aryl methyl sites for hydroxylation is 1. The van der Waals surface area contributed by atoms with Gasteiger partial charge in [-0.1, -0.05) is 60.0 Å². The van der Waals surface area contributed by atoms with E-state index in [0.717, 1.165) is 17.5 Å². The van der Waals surface area contributed by atoms with Crippen LogP contribution in [0.15, 0.2) is 54.6 Å². The summed E-state index contributed by atoms with van der Waals surface area (Å²) < 4.78 is 3.00. The molecule has 1 N–H and O–H groups in total. The van der Waals surface area contributed by atoms with Crippen molar-refractivity contribution in [3.8, 4) is 0 Å². The normalized spacial score (nSPS) is 18.6. The minimum absolute atomic E-state index is 0.0844. The Hall–Kier alpha value is -2.44. The van der Waals surface area contributed by atoms with Crippen LogP contribution < -0.4 is 9.62 Å². The van der Waals surface area contributed by atoms with E-state index in [1.165, 1.54) is 17.5 Å². The maximum absolute atomic E-state index is 13.0. The Morgan fingerprint density at radius 2 is 1.82 bits per heavy atom. The molecule has 0 spiro atoms. The van der Waals surface area contributed by atoms with Crippen LogP contribution >= 0.6 is 11.9 Å². The van der Waals surface area contributed by atoms with E-state index >= 15 is 0 Å². The molecule has 1 heterocycles. The van der Waals surface area contributed by atoms with Crippen molar-refractivity contribution >= 4 is 35.6 Å². The maximum atomic E-state index is 13.0. The van der Waals surface area contributed by atoms with E-state index in [4.69, 9.17) is 0 Å². The minimum Gasteiger partial charge on any atom is -0.308 e. The first-order chi connectivity index (χ1) is 13.6. The number of rotatable bonds is 8. The average molecular weight is 397 g/mol. The van der Waals surface area contributed by atoms with Crippen LogP contribution in [0.4, 0.5) is 5.69 Å². The molecule has 146 valence electrons. The molecule has 0 radical (unpaired) electrons. The molecule has 6 heteroatoms. The van der Waals surface area contributed by atoms with E-state index < -0.39 is 6.04 Å². The molecule has 5 nitrogen and oxygen atoms in total. The van der Waals surface area contributed by atoms with Crippen molar-refractivity contribution in [3.63, 3.8) is 0 Å². The van der Waals surface area contributed by atoms with Crippen LogP contribution in [-0.2, 0) is 20.9 Å². The Labute approximate surface area is 169 Å². The minimum atomic E-state index is -0.488. The standard InChI is InChI=1S/C22H24N2O3S/c1-16-7-9-17(10-8-16)13-24(19-5-3-2-4-6-19)21(27)12-11-20(26)22-18(14-25)15-28-23-22/h2-10,14,18,22-23H,11-13,15H2,1H3. The lowest BCUT2D eigenvalue weighted by Crippen LogP contribution is -2.37. The number of aldehydes is 1. The second kappa shape index (κ2) is 9.66. The van der Waals surface area contributed by atoms with Gasteiger partial charge in [-0.05, 0) is 24.6 Å². The summed E-state index contributed by atoms with van der Waals surface area (Å²) >= 11 is 1.39. The molecule has 2 aromatic carbocycles. The lowest BCUT2D eigenvalue weighted by Gasteiger charge is -2.23. The number of ketones is 1. The van der Waals surface area contributed by atoms with Gasteiger partial charge >= 0.3 is 0 Å². The van der Waals surface area contributed by atoms with Crippen molar-refractivity contribution in [1.29, 1.82) is 0 Å². The van der Waals surface area contributed by atoms with Crippen molar-refractivity contribution in [2.75, 3.05) is 10.7 Å². The highest BCUT2D eigenvalue weighted by Crippen LogP contribution is 2.22. The van der Waals surface area contributed by atoms with Gasteiger partial charge in [0.15, 0.2) is 5.78 Å². The summed E-state index contributed by atoms with van der Waals surface area (Å²) in [5.41, 5.74) is 3.00. The fourth-order valence-electron chi connectivity index (χ4n) is 3.17. The smallest absolute Gasteiger partial charge is 0.227 e. The van der Waals surface area contributed by atoms with Crippen LogP contribution in [0.25, 0.3) is 0 Å². The summed E-state index contributed by atoms with van der Waals surface area (Å²) in [6.45, 7) is 2.48. The zero-order valence-corrected chi connectivity index (χ0v) is 16.7. The molecule has 0 bridgehead atoms. The molecule has 3 rings (SSSR count). The molecule has 1 fully saturated rings. The van der Waals surface area contributed by atoms with Crippen LogP contribution in [-0.4, -0.2) is 29.8 Å². The molecule has 1 saturated heterocycles. The third kappa shape index (κ3) is 5.09. The lowest BCUT2D eigenvalue weighted by molar-refractivity contribution is -0.126. The number of carbonyl (C=O) groups is 3. The number of Topliss-reactive ketones (excluding diaryl/α,β-unsaturated/α-hetero) is 1. The van der Waals surface area contributed by atoms with Gasteiger partial charge in [-0.2, -0.15) is 0 Å². The fourth-order valence-corrected chi connectivity index (χ4v) is 4.21. The number of anilines is 1. The molecule has 28 heavy (non-hydrogen) atoms. The predicted octanol–water partition coefficient (Wildman–Crippen LogP) is 3.31. The largest absolute Gasteiger partial charge is 0.308 e. The topological polar surface area (TPSA) is 66.5 Å². The second-order valence-electron chi connectivity index (χ2n) is 6.97. The second-order valence-corrected chi connectivity index (χ2v) is 7.83. The Morgan fingerprint density at radius 1 is 1.11 bits per heavy atom. The van der Waals surface area contributed by atoms with E-state index in [2.05, 4.69) is 4.72 Å². The van der Waals surface area contributed by atoms with Gasteiger partial charge in [0.2, 0.25) is 5.91 Å². The third-order valence-corrected chi connectivity index (χ3v) is 5.82. The number of nitrogens with one attached hydrogen (secondary N) is 1. The Morgan fingerprint density at radius 3 is 2.50 bits per heavy atom. The summed E-state index contributed by atoms with van der Waals surface area (Å²) in [5.74, 6) is 0.0924. The van der Waals surface area contributed by atoms with Crippen molar-refractivity contribution in [3.05, 3.63) is 65.7 Å². The summed E-state index contributed by atoms with van der Waals surface area (Å²) in [6.07, 6.45) is 1.07. The van der Waals surface area contributed by atoms with Crippen LogP contribution in [0.2, 0.25) is 0 Å². The quantitative estimate of drug-likeness (QED) is 0.548. The third-order valence-electron chi connectivity index (χ3n) is 4.85. The van der Waals surface area contributed by atoms with Crippen molar-refractivity contribution < 1.29 is 14.4 Å². The number of carbonyl (C=O) groups excluding carboxylic acids is 3. The Bertz CT molecular complexity index is 823. The van der Waals surface area contributed by atoms with Gasteiger partial charge in [-0.15, -0.1) is 0 Å². The first kappa shape index (κ1) is 20.3. The molecule has 1 aliphatic rings. The van der Waals surface area contributed by atoms with Gasteiger partial charge in [0, 0.05) is 30.2 Å². The zero-order valence-electron chi connectivity index (χ0n) is 15.8. The summed E-state index contributed by atoms with van der Waals surface area (Å²) in [7, 11) is 0. The zero-order chi connectivity index (χ0) is 19.9. The number of hydrogen-bond donors (Lipinski definition) is 1. The molecule has 2 unspecified atom stereocenters. The van der Waals surface area contributed by atoms with Crippen LogP contribution in [0.3, 0.4) is 0 Å². The molecule has 1 aliphatic heterocycles. The molecule has 2 atom stereocenters. The Kier molecular flexibility index (Phi) is 7.01. The van der Waals surface area contributed by atoms with Gasteiger partial charge in [0.25, 0.3) is 0 Å². The van der Waals surface area contributed by atoms with Crippen LogP contribution in [0.5, 0.6) is 0 Å². The molecule has 0 aromatic heterocycles. The molecule has 0 aliphatic carbocycles. The summed E-state index contributed by atoms with van der Waals surface area (Å²) in [6, 6.07) is 17.1. The maximum Gasteiger partial charge on any atom is 0.227 e. The number of para-hydroxylation sites is 1. The highest BCUT2D eigenvalue weighted by molar-refractivity contribution is 7.97. The highest BCUT2D eigenvalue weighted by Gasteiger charge is 2.33. The van der Waals surface area contributed by atoms with E-state index in [-0.39, 0.29) is 30.4 Å². The average Bonchev–Trinajstić information content (AvgIpc) is 3.21. The molecule has 2 aromatic rings. The first-order valence-corrected chi connectivity index (χ1v) is 10.3. The van der Waals surface area contributed by atoms with Crippen molar-refractivity contribution in [2.24, 2.45) is 5.92 Å². The van der Waals surface area contributed by atoms with Gasteiger partial charge in [-0.25, -0.2) is 0 Å². The summed E-state index contributed by atoms with van der Waals surface area (Å²) in [4.78, 5) is 38.2. The van der Waals surface area contributed by atoms with Crippen molar-refractivity contribution in [2.45, 2.75) is 32.4 Å². The van der Waals surface area contributed by atoms with Gasteiger partial charge in [-0.3, -0.25) is 14.3 Å². The fraction of sp³-hybridized carbons (Fsp3) is 0.318. The highest BCUT2D eigenvalue weighted by atomic mass is 32.2. The number of nitrogens with zero attached hydrogens (tertiary/aromatic N) is 1. The summed E-state index contributed by atoms with van der Waals surface area (Å²) in [5, 5.41) is 0. The van der Waals surface area contributed by atoms with Gasteiger partial charge < -0.3 is 9.69 Å². The molecular formula is C22H24N2O3S.